The summed E-state index contributed by atoms with van der Waals surface area (Å²) in [5.74, 6) is -0.811. The highest BCUT2D eigenvalue weighted by Crippen LogP contribution is 2.26. The molecule has 0 aliphatic carbocycles. The number of anilines is 1. The van der Waals surface area contributed by atoms with Gasteiger partial charge in [0, 0.05) is 22.6 Å². The van der Waals surface area contributed by atoms with Crippen molar-refractivity contribution in [1.82, 2.24) is 10.2 Å². The van der Waals surface area contributed by atoms with Gasteiger partial charge in [-0.05, 0) is 55.5 Å². The fourth-order valence-electron chi connectivity index (χ4n) is 3.84. The molecule has 7 nitrogen and oxygen atoms in total. The van der Waals surface area contributed by atoms with Gasteiger partial charge in [-0.15, -0.1) is 0 Å². The average molecular weight is 557 g/mol. The van der Waals surface area contributed by atoms with E-state index in [0.29, 0.717) is 34.1 Å². The second-order valence-electron chi connectivity index (χ2n) is 8.75. The van der Waals surface area contributed by atoms with E-state index in [0.717, 1.165) is 22.5 Å². The van der Waals surface area contributed by atoms with E-state index in [1.807, 2.05) is 39.8 Å². The summed E-state index contributed by atoms with van der Waals surface area (Å²) in [5, 5.41) is 3.74. The van der Waals surface area contributed by atoms with Crippen LogP contribution in [0.1, 0.15) is 51.7 Å². The third-order valence-electron chi connectivity index (χ3n) is 6.06. The van der Waals surface area contributed by atoms with Gasteiger partial charge in [0.2, 0.25) is 21.8 Å². The molecule has 2 rings (SSSR count). The molecule has 0 radical (unpaired) electrons. The van der Waals surface area contributed by atoms with Crippen LogP contribution < -0.4 is 9.62 Å². The lowest BCUT2D eigenvalue weighted by Crippen LogP contribution is -2.53. The average Bonchev–Trinajstić information content (AvgIpc) is 2.82. The van der Waals surface area contributed by atoms with Crippen LogP contribution in [0.15, 0.2) is 42.5 Å². The van der Waals surface area contributed by atoms with E-state index >= 15 is 0 Å². The molecule has 2 aromatic rings. The van der Waals surface area contributed by atoms with Crippen molar-refractivity contribution in [2.75, 3.05) is 17.1 Å². The highest BCUT2D eigenvalue weighted by molar-refractivity contribution is 7.92. The normalized spacial score (nSPS) is 13.1. The van der Waals surface area contributed by atoms with Crippen LogP contribution >= 0.6 is 23.2 Å². The lowest BCUT2D eigenvalue weighted by molar-refractivity contribution is -0.140. The number of nitrogens with zero attached hydrogens (tertiary/aromatic N) is 2. The molecule has 36 heavy (non-hydrogen) atoms. The van der Waals surface area contributed by atoms with Gasteiger partial charge in [-0.3, -0.25) is 13.9 Å². The highest BCUT2D eigenvalue weighted by atomic mass is 35.5. The fraction of sp³-hybridized carbons (Fsp3) is 0.462. The highest BCUT2D eigenvalue weighted by Gasteiger charge is 2.32. The Hall–Kier alpha value is -2.29. The third-order valence-corrected chi connectivity index (χ3v) is 7.78. The summed E-state index contributed by atoms with van der Waals surface area (Å²) in [4.78, 5) is 28.4. The van der Waals surface area contributed by atoms with Crippen molar-refractivity contribution in [3.63, 3.8) is 0 Å². The maximum absolute atomic E-state index is 13.8. The van der Waals surface area contributed by atoms with Crippen molar-refractivity contribution in [3.05, 3.63) is 63.6 Å². The van der Waals surface area contributed by atoms with Gasteiger partial charge >= 0.3 is 0 Å². The third kappa shape index (κ3) is 7.85. The van der Waals surface area contributed by atoms with E-state index in [4.69, 9.17) is 23.2 Å². The molecule has 0 unspecified atom stereocenters. The Morgan fingerprint density at radius 1 is 1.00 bits per heavy atom. The van der Waals surface area contributed by atoms with Gasteiger partial charge in [0.1, 0.15) is 12.6 Å². The van der Waals surface area contributed by atoms with E-state index in [1.54, 1.807) is 30.3 Å². The SMILES string of the molecule is CCc1ccccc1N(CC(=O)N(Cc1ccc(Cl)cc1Cl)[C@@H](CC)C(=O)N[C@H](C)CC)S(C)(=O)=O. The second-order valence-corrected chi connectivity index (χ2v) is 11.5. The van der Waals surface area contributed by atoms with Crippen LogP contribution in [0.4, 0.5) is 5.69 Å². The molecule has 1 N–H and O–H groups in total. The largest absolute Gasteiger partial charge is 0.352 e. The number of para-hydroxylation sites is 1. The van der Waals surface area contributed by atoms with Gasteiger partial charge < -0.3 is 10.2 Å². The number of halogens is 2. The van der Waals surface area contributed by atoms with E-state index in [9.17, 15) is 18.0 Å². The van der Waals surface area contributed by atoms with Gasteiger partial charge in [-0.1, -0.05) is 68.2 Å². The molecular weight excluding hydrogens is 521 g/mol. The first-order valence-electron chi connectivity index (χ1n) is 12.0. The van der Waals surface area contributed by atoms with Crippen LogP contribution in [0, 0.1) is 0 Å². The summed E-state index contributed by atoms with van der Waals surface area (Å²) in [6.45, 7) is 7.15. The number of carbonyl (C=O) groups excluding carboxylic acids is 2. The Balaban J connectivity index is 2.51. The number of aryl methyl sites for hydroxylation is 1. The van der Waals surface area contributed by atoms with Crippen molar-refractivity contribution >= 4 is 50.7 Å². The number of carbonyl (C=O) groups is 2. The summed E-state index contributed by atoms with van der Waals surface area (Å²) in [6.07, 6.45) is 2.73. The van der Waals surface area contributed by atoms with E-state index < -0.39 is 28.5 Å². The minimum atomic E-state index is -3.80. The number of nitrogens with one attached hydrogen (secondary N) is 1. The molecule has 2 aromatic carbocycles. The number of hydrogen-bond donors (Lipinski definition) is 1. The minimum Gasteiger partial charge on any atom is -0.352 e. The number of hydrogen-bond acceptors (Lipinski definition) is 4. The number of rotatable bonds is 12. The van der Waals surface area contributed by atoms with Crippen molar-refractivity contribution in [3.8, 4) is 0 Å². The summed E-state index contributed by atoms with van der Waals surface area (Å²) < 4.78 is 26.7. The lowest BCUT2D eigenvalue weighted by Gasteiger charge is -2.34. The molecule has 0 aliphatic rings. The summed E-state index contributed by atoms with van der Waals surface area (Å²) in [6, 6.07) is 11.1. The zero-order valence-corrected chi connectivity index (χ0v) is 23.8. The van der Waals surface area contributed by atoms with Crippen molar-refractivity contribution in [2.45, 2.75) is 65.6 Å². The first-order valence-corrected chi connectivity index (χ1v) is 14.6. The summed E-state index contributed by atoms with van der Waals surface area (Å²) in [7, 11) is -3.80. The van der Waals surface area contributed by atoms with E-state index in [-0.39, 0.29) is 18.5 Å². The summed E-state index contributed by atoms with van der Waals surface area (Å²) >= 11 is 12.4. The number of benzene rings is 2. The molecule has 0 heterocycles. The monoisotopic (exact) mass is 555 g/mol. The molecule has 2 atom stereocenters. The predicted molar refractivity (Wildman–Crippen MR) is 147 cm³/mol. The molecule has 0 fully saturated rings. The molecule has 0 spiro atoms. The fourth-order valence-corrected chi connectivity index (χ4v) is 5.19. The summed E-state index contributed by atoms with van der Waals surface area (Å²) in [5.41, 5.74) is 1.84. The zero-order valence-electron chi connectivity index (χ0n) is 21.4. The molecular formula is C26H35Cl2N3O4S. The lowest BCUT2D eigenvalue weighted by atomic mass is 10.1. The van der Waals surface area contributed by atoms with Gasteiger partial charge in [-0.25, -0.2) is 8.42 Å². The number of amides is 2. The first-order chi connectivity index (χ1) is 16.9. The van der Waals surface area contributed by atoms with Crippen LogP contribution in [0.25, 0.3) is 0 Å². The smallest absolute Gasteiger partial charge is 0.244 e. The second kappa shape index (κ2) is 13.3. The molecule has 2 amide bonds. The van der Waals surface area contributed by atoms with E-state index in [2.05, 4.69) is 5.32 Å². The maximum Gasteiger partial charge on any atom is 0.244 e. The zero-order chi connectivity index (χ0) is 27.0. The maximum atomic E-state index is 13.8. The van der Waals surface area contributed by atoms with E-state index in [1.165, 1.54) is 4.90 Å². The van der Waals surface area contributed by atoms with Crippen LogP contribution in [0.3, 0.4) is 0 Å². The standard InChI is InChI=1S/C26H35Cl2N3O4S/c1-6-18(4)29-26(33)23(8-3)30(16-20-13-14-21(27)15-22(20)28)25(32)17-31(36(5,34)35)24-12-10-9-11-19(24)7-2/h9-15,18,23H,6-8,16-17H2,1-5H3,(H,29,33)/t18-,23+/m1/s1. The Morgan fingerprint density at radius 2 is 1.67 bits per heavy atom. The molecule has 0 saturated carbocycles. The Morgan fingerprint density at radius 3 is 2.22 bits per heavy atom. The van der Waals surface area contributed by atoms with Crippen molar-refractivity contribution < 1.29 is 18.0 Å². The number of sulfonamides is 1. The van der Waals surface area contributed by atoms with Crippen LogP contribution in [-0.4, -0.2) is 50.0 Å². The van der Waals surface area contributed by atoms with Gasteiger partial charge in [0.15, 0.2) is 0 Å². The van der Waals surface area contributed by atoms with Crippen molar-refractivity contribution in [1.29, 1.82) is 0 Å². The van der Waals surface area contributed by atoms with Crippen molar-refractivity contribution in [2.24, 2.45) is 0 Å². The topological polar surface area (TPSA) is 86.8 Å². The molecule has 10 heteroatoms. The Bertz CT molecular complexity index is 1170. The Labute approximate surface area is 224 Å². The molecule has 0 saturated heterocycles. The quantitative estimate of drug-likeness (QED) is 0.397. The predicted octanol–water partition coefficient (Wildman–Crippen LogP) is 5.04. The first kappa shape index (κ1) is 29.9. The molecule has 0 aromatic heterocycles. The molecule has 198 valence electrons. The van der Waals surface area contributed by atoms with Crippen LogP contribution in [0.2, 0.25) is 10.0 Å². The van der Waals surface area contributed by atoms with Crippen LogP contribution in [-0.2, 0) is 32.6 Å². The van der Waals surface area contributed by atoms with Gasteiger partial charge in [0.05, 0.1) is 11.9 Å². The Kier molecular flexibility index (Phi) is 11.1. The van der Waals surface area contributed by atoms with Crippen LogP contribution in [0.5, 0.6) is 0 Å². The molecule has 0 bridgehead atoms. The minimum absolute atomic E-state index is 0.0221. The van der Waals surface area contributed by atoms with Gasteiger partial charge in [0.25, 0.3) is 0 Å². The van der Waals surface area contributed by atoms with Gasteiger partial charge in [-0.2, -0.15) is 0 Å². The molecule has 0 aliphatic heterocycles.